The fraction of sp³-hybridized carbons (Fsp3) is 0.571. The summed E-state index contributed by atoms with van der Waals surface area (Å²) in [5.41, 5.74) is 7.21. The van der Waals surface area contributed by atoms with E-state index >= 15 is 0 Å². The highest BCUT2D eigenvalue weighted by Crippen LogP contribution is 2.14. The van der Waals surface area contributed by atoms with Crippen molar-refractivity contribution < 1.29 is 0 Å². The lowest BCUT2D eigenvalue weighted by atomic mass is 10.1. The molecule has 0 fully saturated rings. The zero-order valence-electron chi connectivity index (χ0n) is 12.0. The second-order valence-electron chi connectivity index (χ2n) is 5.38. The molecule has 1 atom stereocenters. The van der Waals surface area contributed by atoms with Crippen molar-refractivity contribution in [2.75, 3.05) is 0 Å². The molecule has 2 heterocycles. The zero-order valence-corrected chi connectivity index (χ0v) is 12.0. The van der Waals surface area contributed by atoms with Crippen LogP contribution in [0.5, 0.6) is 0 Å². The van der Waals surface area contributed by atoms with Crippen molar-refractivity contribution in [3.63, 3.8) is 0 Å². The van der Waals surface area contributed by atoms with E-state index in [4.69, 9.17) is 5.73 Å². The average molecular weight is 261 g/mol. The Hall–Kier alpha value is -1.62. The van der Waals surface area contributed by atoms with Gasteiger partial charge in [0.25, 0.3) is 0 Å². The fourth-order valence-corrected chi connectivity index (χ4v) is 2.08. The molecule has 0 aromatic carbocycles. The van der Waals surface area contributed by atoms with E-state index in [0.29, 0.717) is 5.92 Å². The standard InChI is InChI=1S/C14H23N5/c1-4-13(15)12-5-6-18(8-12)9-14-16-10-17-19(14)7-11(2)3/h5-6,8,10-11,13H,4,7,9,15H2,1-3H3. The van der Waals surface area contributed by atoms with Crippen LogP contribution in [0.25, 0.3) is 0 Å². The molecule has 0 saturated heterocycles. The Morgan fingerprint density at radius 2 is 2.16 bits per heavy atom. The Morgan fingerprint density at radius 1 is 1.37 bits per heavy atom. The Labute approximate surface area is 114 Å². The van der Waals surface area contributed by atoms with E-state index in [-0.39, 0.29) is 6.04 Å². The van der Waals surface area contributed by atoms with Crippen molar-refractivity contribution in [3.8, 4) is 0 Å². The maximum atomic E-state index is 6.03. The maximum absolute atomic E-state index is 6.03. The van der Waals surface area contributed by atoms with Crippen LogP contribution in [-0.2, 0) is 13.1 Å². The van der Waals surface area contributed by atoms with Gasteiger partial charge in [-0.2, -0.15) is 5.10 Å². The van der Waals surface area contributed by atoms with E-state index in [9.17, 15) is 0 Å². The molecule has 2 aromatic heterocycles. The highest BCUT2D eigenvalue weighted by Gasteiger charge is 2.09. The van der Waals surface area contributed by atoms with Gasteiger partial charge in [0.2, 0.25) is 0 Å². The molecule has 2 rings (SSSR count). The zero-order chi connectivity index (χ0) is 13.8. The smallest absolute Gasteiger partial charge is 0.146 e. The van der Waals surface area contributed by atoms with E-state index in [1.165, 1.54) is 5.56 Å². The van der Waals surface area contributed by atoms with Crippen LogP contribution < -0.4 is 5.73 Å². The Balaban J connectivity index is 2.09. The first-order chi connectivity index (χ1) is 9.10. The van der Waals surface area contributed by atoms with Crippen LogP contribution in [0.15, 0.2) is 24.8 Å². The predicted octanol–water partition coefficient (Wildman–Crippen LogP) is 2.19. The lowest BCUT2D eigenvalue weighted by Crippen LogP contribution is -2.13. The molecule has 0 amide bonds. The van der Waals surface area contributed by atoms with Crippen molar-refractivity contribution in [1.82, 2.24) is 19.3 Å². The van der Waals surface area contributed by atoms with E-state index in [0.717, 1.165) is 25.3 Å². The summed E-state index contributed by atoms with van der Waals surface area (Å²) < 4.78 is 4.09. The molecular weight excluding hydrogens is 238 g/mol. The van der Waals surface area contributed by atoms with Gasteiger partial charge in [0.1, 0.15) is 12.2 Å². The molecule has 2 N–H and O–H groups in total. The summed E-state index contributed by atoms with van der Waals surface area (Å²) in [6, 6.07) is 2.20. The molecule has 0 saturated carbocycles. The summed E-state index contributed by atoms with van der Waals surface area (Å²) in [6.07, 6.45) is 6.73. The van der Waals surface area contributed by atoms with Gasteiger partial charge in [-0.25, -0.2) is 9.67 Å². The Kier molecular flexibility index (Phi) is 4.37. The minimum Gasteiger partial charge on any atom is -0.346 e. The van der Waals surface area contributed by atoms with Crippen LogP contribution in [0.1, 0.15) is 44.6 Å². The molecule has 0 aliphatic heterocycles. The SMILES string of the molecule is CCC(N)c1ccn(Cc2ncnn2CC(C)C)c1. The molecule has 0 aliphatic rings. The van der Waals surface area contributed by atoms with Gasteiger partial charge in [-0.15, -0.1) is 0 Å². The molecule has 5 heteroatoms. The molecule has 0 aliphatic carbocycles. The summed E-state index contributed by atoms with van der Waals surface area (Å²) in [7, 11) is 0. The van der Waals surface area contributed by atoms with Crippen molar-refractivity contribution in [2.24, 2.45) is 11.7 Å². The Morgan fingerprint density at radius 3 is 2.84 bits per heavy atom. The first-order valence-corrected chi connectivity index (χ1v) is 6.88. The quantitative estimate of drug-likeness (QED) is 0.867. The second kappa shape index (κ2) is 6.02. The number of nitrogens with zero attached hydrogens (tertiary/aromatic N) is 4. The van der Waals surface area contributed by atoms with Crippen LogP contribution in [0.2, 0.25) is 0 Å². The van der Waals surface area contributed by atoms with Gasteiger partial charge in [-0.1, -0.05) is 20.8 Å². The number of hydrogen-bond donors (Lipinski definition) is 1. The minimum absolute atomic E-state index is 0.120. The number of rotatable bonds is 6. The van der Waals surface area contributed by atoms with Crippen molar-refractivity contribution >= 4 is 0 Å². The van der Waals surface area contributed by atoms with Gasteiger partial charge in [-0.3, -0.25) is 0 Å². The lowest BCUT2D eigenvalue weighted by molar-refractivity contribution is 0.461. The number of hydrogen-bond acceptors (Lipinski definition) is 3. The van der Waals surface area contributed by atoms with Crippen LogP contribution in [-0.4, -0.2) is 19.3 Å². The topological polar surface area (TPSA) is 61.7 Å². The summed E-state index contributed by atoms with van der Waals surface area (Å²) >= 11 is 0. The van der Waals surface area contributed by atoms with Crippen molar-refractivity contribution in [2.45, 2.75) is 46.3 Å². The molecule has 0 radical (unpaired) electrons. The molecule has 0 spiro atoms. The monoisotopic (exact) mass is 261 g/mol. The van der Waals surface area contributed by atoms with Crippen LogP contribution >= 0.6 is 0 Å². The third-order valence-corrected chi connectivity index (χ3v) is 3.20. The van der Waals surface area contributed by atoms with E-state index in [2.05, 4.69) is 53.9 Å². The summed E-state index contributed by atoms with van der Waals surface area (Å²) in [5, 5.41) is 4.28. The van der Waals surface area contributed by atoms with Gasteiger partial charge < -0.3 is 10.3 Å². The Bertz CT molecular complexity index is 511. The average Bonchev–Trinajstić information content (AvgIpc) is 2.99. The first-order valence-electron chi connectivity index (χ1n) is 6.88. The van der Waals surface area contributed by atoms with Crippen molar-refractivity contribution in [1.29, 1.82) is 0 Å². The van der Waals surface area contributed by atoms with Crippen LogP contribution in [0.4, 0.5) is 0 Å². The number of aromatic nitrogens is 4. The summed E-state index contributed by atoms with van der Waals surface area (Å²) in [4.78, 5) is 4.34. The molecular formula is C14H23N5. The van der Waals surface area contributed by atoms with E-state index < -0.39 is 0 Å². The van der Waals surface area contributed by atoms with Gasteiger partial charge in [-0.05, 0) is 24.0 Å². The molecule has 0 bridgehead atoms. The van der Waals surface area contributed by atoms with E-state index in [1.807, 2.05) is 4.68 Å². The predicted molar refractivity (Wildman–Crippen MR) is 75.6 cm³/mol. The minimum atomic E-state index is 0.120. The first kappa shape index (κ1) is 13.8. The fourth-order valence-electron chi connectivity index (χ4n) is 2.08. The van der Waals surface area contributed by atoms with E-state index in [1.54, 1.807) is 6.33 Å². The molecule has 104 valence electrons. The second-order valence-corrected chi connectivity index (χ2v) is 5.38. The molecule has 1 unspecified atom stereocenters. The molecule has 19 heavy (non-hydrogen) atoms. The van der Waals surface area contributed by atoms with Gasteiger partial charge in [0.15, 0.2) is 0 Å². The van der Waals surface area contributed by atoms with Gasteiger partial charge in [0, 0.05) is 25.0 Å². The molecule has 2 aromatic rings. The summed E-state index contributed by atoms with van der Waals surface area (Å²) in [6.45, 7) is 8.10. The molecule has 5 nitrogen and oxygen atoms in total. The lowest BCUT2D eigenvalue weighted by Gasteiger charge is -2.09. The van der Waals surface area contributed by atoms with Crippen molar-refractivity contribution in [3.05, 3.63) is 36.2 Å². The van der Waals surface area contributed by atoms with Crippen LogP contribution in [0.3, 0.4) is 0 Å². The maximum Gasteiger partial charge on any atom is 0.146 e. The highest BCUT2D eigenvalue weighted by atomic mass is 15.3. The largest absolute Gasteiger partial charge is 0.346 e. The third kappa shape index (κ3) is 3.44. The number of nitrogens with two attached hydrogens (primary N) is 1. The van der Waals surface area contributed by atoms with Gasteiger partial charge >= 0.3 is 0 Å². The third-order valence-electron chi connectivity index (χ3n) is 3.20. The van der Waals surface area contributed by atoms with Crippen LogP contribution in [0, 0.1) is 5.92 Å². The normalized spacial score (nSPS) is 13.1. The van der Waals surface area contributed by atoms with Gasteiger partial charge in [0.05, 0.1) is 6.54 Å². The summed E-state index contributed by atoms with van der Waals surface area (Å²) in [5.74, 6) is 1.55. The highest BCUT2D eigenvalue weighted by molar-refractivity contribution is 5.15.